The molecule has 0 fully saturated rings. The quantitative estimate of drug-likeness (QED) is 0.253. The monoisotopic (exact) mass is 564 g/mol. The van der Waals surface area contributed by atoms with E-state index < -0.39 is 28.3 Å². The molecule has 3 aromatic carbocycles. The lowest BCUT2D eigenvalue weighted by atomic mass is 10.1. The Balaban J connectivity index is 1.63. The second-order valence-electron chi connectivity index (χ2n) is 9.05. The number of nitrogens with zero attached hydrogens (tertiary/aromatic N) is 2. The first-order valence-corrected chi connectivity index (χ1v) is 14.0. The van der Waals surface area contributed by atoms with E-state index in [2.05, 4.69) is 0 Å². The van der Waals surface area contributed by atoms with Crippen molar-refractivity contribution in [3.8, 4) is 0 Å². The average Bonchev–Trinajstić information content (AvgIpc) is 2.96. The molecular weight excluding hydrogens is 535 g/mol. The Morgan fingerprint density at radius 3 is 2.40 bits per heavy atom. The van der Waals surface area contributed by atoms with Crippen LogP contribution in [0.4, 0.5) is 4.39 Å². The van der Waals surface area contributed by atoms with E-state index in [9.17, 15) is 22.4 Å². The zero-order chi connectivity index (χ0) is 28.5. The summed E-state index contributed by atoms with van der Waals surface area (Å²) in [5.74, 6) is -0.983. The van der Waals surface area contributed by atoms with Crippen LogP contribution in [-0.4, -0.2) is 50.3 Å². The molecule has 40 heavy (non-hydrogen) atoms. The summed E-state index contributed by atoms with van der Waals surface area (Å²) in [7, 11) is -2.58. The van der Waals surface area contributed by atoms with E-state index in [0.29, 0.717) is 22.1 Å². The number of benzene rings is 3. The molecule has 0 radical (unpaired) electrons. The van der Waals surface area contributed by atoms with E-state index in [-0.39, 0.29) is 37.2 Å². The molecule has 208 valence electrons. The van der Waals surface area contributed by atoms with Gasteiger partial charge >= 0.3 is 0 Å². The van der Waals surface area contributed by atoms with Crippen molar-refractivity contribution in [2.24, 2.45) is 0 Å². The number of rotatable bonds is 12. The Kier molecular flexibility index (Phi) is 9.60. The van der Waals surface area contributed by atoms with E-state index in [1.165, 1.54) is 48.6 Å². The van der Waals surface area contributed by atoms with Crippen molar-refractivity contribution >= 4 is 33.0 Å². The molecule has 4 rings (SSSR count). The lowest BCUT2D eigenvalue weighted by Gasteiger charge is -2.26. The van der Waals surface area contributed by atoms with Crippen LogP contribution >= 0.6 is 0 Å². The highest BCUT2D eigenvalue weighted by Crippen LogP contribution is 2.16. The topological polar surface area (TPSA) is 97.1 Å². The first kappa shape index (κ1) is 28.9. The second kappa shape index (κ2) is 13.3. The Bertz CT molecular complexity index is 1640. The predicted octanol–water partition coefficient (Wildman–Crippen LogP) is 4.41. The zero-order valence-corrected chi connectivity index (χ0v) is 22.7. The molecule has 0 aliphatic heterocycles. The number of amides is 1. The lowest BCUT2D eigenvalue weighted by molar-refractivity contribution is -0.132. The van der Waals surface area contributed by atoms with Crippen LogP contribution < -0.4 is 5.43 Å². The molecule has 4 aromatic rings. The lowest BCUT2D eigenvalue weighted by Crippen LogP contribution is -2.43. The summed E-state index contributed by atoms with van der Waals surface area (Å²) in [4.78, 5) is 28.1. The molecule has 0 unspecified atom stereocenters. The Hall–Kier alpha value is -4.12. The largest absolute Gasteiger partial charge is 0.464 e. The number of methoxy groups -OCH3 is 1. The van der Waals surface area contributed by atoms with Gasteiger partial charge in [-0.2, -0.15) is 4.31 Å². The molecule has 0 N–H and O–H groups in total. The summed E-state index contributed by atoms with van der Waals surface area (Å²) >= 11 is 0. The maximum atomic E-state index is 13.6. The molecule has 0 atom stereocenters. The molecule has 10 heteroatoms. The van der Waals surface area contributed by atoms with Crippen LogP contribution in [0.5, 0.6) is 0 Å². The van der Waals surface area contributed by atoms with E-state index >= 15 is 0 Å². The van der Waals surface area contributed by atoms with Gasteiger partial charge in [-0.05, 0) is 41.5 Å². The minimum Gasteiger partial charge on any atom is -0.464 e. The molecule has 0 spiro atoms. The maximum Gasteiger partial charge on any atom is 0.238 e. The molecule has 1 amide bonds. The third-order valence-electron chi connectivity index (χ3n) is 6.20. The summed E-state index contributed by atoms with van der Waals surface area (Å²) in [6.07, 6.45) is 2.76. The van der Waals surface area contributed by atoms with Gasteiger partial charge in [0.1, 0.15) is 11.4 Å². The number of para-hydroxylation sites is 1. The third kappa shape index (κ3) is 7.50. The molecule has 0 aliphatic rings. The summed E-state index contributed by atoms with van der Waals surface area (Å²) in [5, 5.41) is 1.41. The Labute approximate surface area is 232 Å². The minimum absolute atomic E-state index is 0.0173. The van der Waals surface area contributed by atoms with Gasteiger partial charge in [0.05, 0.1) is 36.9 Å². The van der Waals surface area contributed by atoms with Crippen molar-refractivity contribution in [2.45, 2.75) is 13.1 Å². The Morgan fingerprint density at radius 1 is 0.975 bits per heavy atom. The smallest absolute Gasteiger partial charge is 0.238 e. The Morgan fingerprint density at radius 2 is 1.68 bits per heavy atom. The second-order valence-corrected chi connectivity index (χ2v) is 10.9. The summed E-state index contributed by atoms with van der Waals surface area (Å²) < 4.78 is 51.7. The van der Waals surface area contributed by atoms with Gasteiger partial charge in [-0.3, -0.25) is 9.59 Å². The van der Waals surface area contributed by atoms with E-state index in [0.717, 1.165) is 9.71 Å². The van der Waals surface area contributed by atoms with E-state index in [1.54, 1.807) is 48.5 Å². The normalized spacial score (nSPS) is 11.9. The highest BCUT2D eigenvalue weighted by Gasteiger charge is 2.26. The number of fused-ring (bicyclic) bond motifs is 1. The number of ether oxygens (including phenoxy) is 1. The molecule has 8 nitrogen and oxygen atoms in total. The van der Waals surface area contributed by atoms with Gasteiger partial charge in [-0.25, -0.2) is 12.8 Å². The van der Waals surface area contributed by atoms with Crippen LogP contribution in [0.3, 0.4) is 0 Å². The fraction of sp³-hybridized carbons (Fsp3) is 0.200. The first-order chi connectivity index (χ1) is 19.3. The van der Waals surface area contributed by atoms with Crippen molar-refractivity contribution in [1.82, 2.24) is 9.21 Å². The number of carbonyl (C=O) groups excluding carboxylic acids is 1. The van der Waals surface area contributed by atoms with Gasteiger partial charge in [0.2, 0.25) is 15.9 Å². The molecular formula is C30H29FN2O6S. The molecule has 1 aromatic heterocycles. The third-order valence-corrected chi connectivity index (χ3v) is 7.71. The number of carbonyl (C=O) groups is 1. The molecule has 0 saturated carbocycles. The van der Waals surface area contributed by atoms with Crippen molar-refractivity contribution in [3.63, 3.8) is 0 Å². The summed E-state index contributed by atoms with van der Waals surface area (Å²) in [6.45, 7) is -0.611. The zero-order valence-electron chi connectivity index (χ0n) is 21.9. The molecule has 0 bridgehead atoms. The van der Waals surface area contributed by atoms with Crippen molar-refractivity contribution in [3.05, 3.63) is 123 Å². The van der Waals surface area contributed by atoms with Crippen molar-refractivity contribution in [2.75, 3.05) is 26.8 Å². The van der Waals surface area contributed by atoms with Gasteiger partial charge in [0.25, 0.3) is 0 Å². The van der Waals surface area contributed by atoms with Crippen molar-refractivity contribution < 1.29 is 26.8 Å². The molecule has 0 saturated heterocycles. The van der Waals surface area contributed by atoms with Gasteiger partial charge in [0.15, 0.2) is 5.43 Å². The average molecular weight is 565 g/mol. The summed E-state index contributed by atoms with van der Waals surface area (Å²) in [6, 6.07) is 21.3. The van der Waals surface area contributed by atoms with Crippen LogP contribution in [0.1, 0.15) is 16.7 Å². The van der Waals surface area contributed by atoms with Gasteiger partial charge in [-0.15, -0.1) is 0 Å². The maximum absolute atomic E-state index is 13.6. The molecule has 1 heterocycles. The standard InChI is InChI=1S/C30H29FN2O6S/c1-38-17-16-33(40(36,37)18-15-23-7-3-2-4-8-23)21-29(34)32(19-24-11-13-26(31)14-12-24)20-25-22-39-28-10-6-5-9-27(28)30(25)35/h2-15,18,22H,16-17,19-21H2,1H3. The summed E-state index contributed by atoms with van der Waals surface area (Å²) in [5.41, 5.74) is 1.63. The molecule has 0 aliphatic carbocycles. The highest BCUT2D eigenvalue weighted by molar-refractivity contribution is 7.92. The first-order valence-electron chi connectivity index (χ1n) is 12.5. The predicted molar refractivity (Wildman–Crippen MR) is 151 cm³/mol. The van der Waals surface area contributed by atoms with Crippen LogP contribution in [0.2, 0.25) is 0 Å². The SMILES string of the molecule is COCCN(CC(=O)N(Cc1ccc(F)cc1)Cc1coc2ccccc2c1=O)S(=O)(=O)C=Cc1ccccc1. The van der Waals surface area contributed by atoms with Crippen LogP contribution in [0, 0.1) is 5.82 Å². The van der Waals surface area contributed by atoms with Crippen molar-refractivity contribution in [1.29, 1.82) is 0 Å². The van der Waals surface area contributed by atoms with E-state index in [4.69, 9.17) is 9.15 Å². The highest BCUT2D eigenvalue weighted by atomic mass is 32.2. The number of hydrogen-bond acceptors (Lipinski definition) is 6. The number of hydrogen-bond donors (Lipinski definition) is 0. The van der Waals surface area contributed by atoms with Crippen LogP contribution in [0.25, 0.3) is 17.0 Å². The van der Waals surface area contributed by atoms with Gasteiger partial charge in [0, 0.05) is 25.6 Å². The van der Waals surface area contributed by atoms with Gasteiger partial charge < -0.3 is 14.1 Å². The minimum atomic E-state index is -4.01. The van der Waals surface area contributed by atoms with Crippen LogP contribution in [-0.2, 0) is 32.6 Å². The van der Waals surface area contributed by atoms with Gasteiger partial charge in [-0.1, -0.05) is 54.6 Å². The fourth-order valence-electron chi connectivity index (χ4n) is 4.03. The number of sulfonamides is 1. The number of halogens is 1. The fourth-order valence-corrected chi connectivity index (χ4v) is 5.15. The van der Waals surface area contributed by atoms with E-state index in [1.807, 2.05) is 6.07 Å². The van der Waals surface area contributed by atoms with Crippen LogP contribution in [0.15, 0.2) is 99.7 Å².